The van der Waals surface area contributed by atoms with Crippen LogP contribution in [-0.2, 0) is 11.3 Å². The second-order valence-electron chi connectivity index (χ2n) is 7.50. The third-order valence-corrected chi connectivity index (χ3v) is 6.31. The molecular formula is C24H21ClN6O3S. The van der Waals surface area contributed by atoms with Gasteiger partial charge in [-0.3, -0.25) is 19.5 Å². The van der Waals surface area contributed by atoms with E-state index in [9.17, 15) is 14.9 Å². The van der Waals surface area contributed by atoms with Gasteiger partial charge in [-0.2, -0.15) is 0 Å². The molecule has 2 N–H and O–H groups in total. The lowest BCUT2D eigenvalue weighted by Crippen LogP contribution is -2.15. The summed E-state index contributed by atoms with van der Waals surface area (Å²) in [6, 6.07) is 21.4. The van der Waals surface area contributed by atoms with E-state index in [1.807, 2.05) is 53.1 Å². The normalized spacial score (nSPS) is 10.7. The van der Waals surface area contributed by atoms with Gasteiger partial charge in [0.05, 0.1) is 27.9 Å². The number of carbonyl (C=O) groups is 1. The summed E-state index contributed by atoms with van der Waals surface area (Å²) in [5.41, 5.74) is 2.75. The van der Waals surface area contributed by atoms with Gasteiger partial charge in [-0.1, -0.05) is 53.7 Å². The molecule has 0 saturated heterocycles. The summed E-state index contributed by atoms with van der Waals surface area (Å²) in [5, 5.41) is 26.8. The van der Waals surface area contributed by atoms with Crippen molar-refractivity contribution in [3.8, 4) is 5.69 Å². The summed E-state index contributed by atoms with van der Waals surface area (Å²) in [7, 11) is 0. The van der Waals surface area contributed by atoms with Crippen LogP contribution in [0, 0.1) is 17.0 Å². The average molecular weight is 509 g/mol. The highest BCUT2D eigenvalue weighted by molar-refractivity contribution is 7.99. The van der Waals surface area contributed by atoms with Gasteiger partial charge in [0, 0.05) is 23.5 Å². The second-order valence-corrected chi connectivity index (χ2v) is 8.85. The molecule has 35 heavy (non-hydrogen) atoms. The molecule has 9 nitrogen and oxygen atoms in total. The highest BCUT2D eigenvalue weighted by atomic mass is 35.5. The fourth-order valence-corrected chi connectivity index (χ4v) is 4.31. The van der Waals surface area contributed by atoms with E-state index in [0.29, 0.717) is 33.8 Å². The zero-order chi connectivity index (χ0) is 24.8. The van der Waals surface area contributed by atoms with Gasteiger partial charge in [0.15, 0.2) is 11.0 Å². The number of rotatable bonds is 9. The lowest BCUT2D eigenvalue weighted by atomic mass is 10.2. The molecule has 0 aliphatic rings. The lowest BCUT2D eigenvalue weighted by Gasteiger charge is -2.12. The van der Waals surface area contributed by atoms with Gasteiger partial charge in [-0.15, -0.1) is 10.2 Å². The number of hydrogen-bond acceptors (Lipinski definition) is 7. The molecular weight excluding hydrogens is 488 g/mol. The molecule has 4 rings (SSSR count). The molecule has 0 fully saturated rings. The number of hydrogen-bond donors (Lipinski definition) is 2. The summed E-state index contributed by atoms with van der Waals surface area (Å²) < 4.78 is 1.89. The van der Waals surface area contributed by atoms with E-state index < -0.39 is 4.92 Å². The van der Waals surface area contributed by atoms with Gasteiger partial charge in [-0.05, 0) is 42.8 Å². The number of para-hydroxylation sites is 2. The smallest absolute Gasteiger partial charge is 0.269 e. The molecule has 1 heterocycles. The molecule has 0 atom stereocenters. The number of aryl methyl sites for hydroxylation is 1. The summed E-state index contributed by atoms with van der Waals surface area (Å²) in [6.45, 7) is 2.08. The van der Waals surface area contributed by atoms with Crippen LogP contribution < -0.4 is 10.6 Å². The maximum Gasteiger partial charge on any atom is 0.269 e. The van der Waals surface area contributed by atoms with Crippen molar-refractivity contribution >= 4 is 46.3 Å². The summed E-state index contributed by atoms with van der Waals surface area (Å²) in [5.74, 6) is 0.481. The molecule has 0 saturated carbocycles. The number of anilines is 2. The van der Waals surface area contributed by atoms with Crippen molar-refractivity contribution in [1.29, 1.82) is 0 Å². The van der Waals surface area contributed by atoms with Gasteiger partial charge >= 0.3 is 0 Å². The van der Waals surface area contributed by atoms with Crippen LogP contribution in [0.15, 0.2) is 78.0 Å². The Labute approximate surface area is 210 Å². The number of thioether (sulfide) groups is 1. The Hall–Kier alpha value is -3.89. The van der Waals surface area contributed by atoms with Crippen molar-refractivity contribution in [2.24, 2.45) is 0 Å². The number of nitro benzene ring substituents is 1. The molecule has 0 unspecified atom stereocenters. The Morgan fingerprint density at radius 2 is 1.80 bits per heavy atom. The van der Waals surface area contributed by atoms with Gasteiger partial charge in [-0.25, -0.2) is 0 Å². The molecule has 0 aliphatic heterocycles. The number of nitrogens with zero attached hydrogens (tertiary/aromatic N) is 4. The molecule has 178 valence electrons. The number of non-ortho nitro benzene ring substituents is 1. The molecule has 0 aliphatic carbocycles. The van der Waals surface area contributed by atoms with Crippen molar-refractivity contribution in [2.75, 3.05) is 16.4 Å². The molecule has 0 spiro atoms. The van der Waals surface area contributed by atoms with Crippen LogP contribution >= 0.6 is 23.4 Å². The van der Waals surface area contributed by atoms with Gasteiger partial charge in [0.2, 0.25) is 5.91 Å². The largest absolute Gasteiger partial charge is 0.377 e. The van der Waals surface area contributed by atoms with Crippen LogP contribution in [0.3, 0.4) is 0 Å². The first-order chi connectivity index (χ1) is 16.9. The van der Waals surface area contributed by atoms with E-state index >= 15 is 0 Å². The van der Waals surface area contributed by atoms with Crippen LogP contribution in [0.2, 0.25) is 5.02 Å². The number of carbonyl (C=O) groups excluding carboxylic acids is 1. The molecule has 4 aromatic rings. The van der Waals surface area contributed by atoms with Crippen molar-refractivity contribution in [3.63, 3.8) is 0 Å². The van der Waals surface area contributed by atoms with Crippen LogP contribution in [0.5, 0.6) is 0 Å². The van der Waals surface area contributed by atoms with Gasteiger partial charge in [0.1, 0.15) is 0 Å². The Morgan fingerprint density at radius 3 is 2.51 bits per heavy atom. The summed E-state index contributed by atoms with van der Waals surface area (Å²) in [4.78, 5) is 23.1. The first-order valence-corrected chi connectivity index (χ1v) is 11.9. The predicted octanol–water partition coefficient (Wildman–Crippen LogP) is 5.48. The molecule has 3 aromatic carbocycles. The zero-order valence-electron chi connectivity index (χ0n) is 18.6. The fourth-order valence-electron chi connectivity index (χ4n) is 3.34. The Morgan fingerprint density at radius 1 is 1.06 bits per heavy atom. The SMILES string of the molecule is Cc1cc([N+](=O)[O-])ccc1NC(=O)CSc1nnc(CNc2ccccc2Cl)n1-c1ccccc1. The number of nitrogens with one attached hydrogen (secondary N) is 2. The van der Waals surface area contributed by atoms with Gasteiger partial charge in [0.25, 0.3) is 5.69 Å². The molecule has 0 bridgehead atoms. The number of nitro groups is 1. The number of amides is 1. The molecule has 1 amide bonds. The standard InChI is InChI=1S/C24H21ClN6O3S/c1-16-13-18(31(33)34)11-12-20(16)27-23(32)15-35-24-29-28-22(30(24)17-7-3-2-4-8-17)14-26-21-10-6-5-9-19(21)25/h2-13,26H,14-15H2,1H3,(H,27,32). The monoisotopic (exact) mass is 508 g/mol. The van der Waals surface area contributed by atoms with E-state index in [1.165, 1.54) is 30.0 Å². The quantitative estimate of drug-likeness (QED) is 0.175. The first-order valence-electron chi connectivity index (χ1n) is 10.6. The second kappa shape index (κ2) is 11.0. The minimum Gasteiger partial charge on any atom is -0.377 e. The predicted molar refractivity (Wildman–Crippen MR) is 137 cm³/mol. The molecule has 1 aromatic heterocycles. The third-order valence-electron chi connectivity index (χ3n) is 5.05. The highest BCUT2D eigenvalue weighted by Crippen LogP contribution is 2.26. The van der Waals surface area contributed by atoms with Crippen LogP contribution in [0.4, 0.5) is 17.1 Å². The summed E-state index contributed by atoms with van der Waals surface area (Å²) >= 11 is 7.50. The van der Waals surface area contributed by atoms with Crippen molar-refractivity contribution in [3.05, 3.63) is 99.3 Å². The van der Waals surface area contributed by atoms with Crippen molar-refractivity contribution < 1.29 is 9.72 Å². The highest BCUT2D eigenvalue weighted by Gasteiger charge is 2.17. The zero-order valence-corrected chi connectivity index (χ0v) is 20.2. The minimum atomic E-state index is -0.469. The van der Waals surface area contributed by atoms with E-state index in [0.717, 1.165) is 11.4 Å². The Bertz CT molecular complexity index is 1360. The van der Waals surface area contributed by atoms with E-state index in [-0.39, 0.29) is 17.3 Å². The summed E-state index contributed by atoms with van der Waals surface area (Å²) in [6.07, 6.45) is 0. The fraction of sp³-hybridized carbons (Fsp3) is 0.125. The lowest BCUT2D eigenvalue weighted by molar-refractivity contribution is -0.384. The van der Waals surface area contributed by atoms with Crippen LogP contribution in [0.1, 0.15) is 11.4 Å². The first kappa shape index (κ1) is 24.2. The number of benzene rings is 3. The van der Waals surface area contributed by atoms with Crippen LogP contribution in [0.25, 0.3) is 5.69 Å². The number of halogens is 1. The molecule has 0 radical (unpaired) electrons. The Balaban J connectivity index is 1.49. The minimum absolute atomic E-state index is 0.0243. The van der Waals surface area contributed by atoms with E-state index in [1.54, 1.807) is 13.0 Å². The van der Waals surface area contributed by atoms with Crippen LogP contribution in [-0.4, -0.2) is 31.3 Å². The molecule has 11 heteroatoms. The van der Waals surface area contributed by atoms with Crippen molar-refractivity contribution in [1.82, 2.24) is 14.8 Å². The van der Waals surface area contributed by atoms with Crippen molar-refractivity contribution in [2.45, 2.75) is 18.6 Å². The third kappa shape index (κ3) is 5.97. The topological polar surface area (TPSA) is 115 Å². The maximum atomic E-state index is 12.6. The van der Waals surface area contributed by atoms with Gasteiger partial charge < -0.3 is 10.6 Å². The Kier molecular flexibility index (Phi) is 7.64. The number of aromatic nitrogens is 3. The average Bonchev–Trinajstić information content (AvgIpc) is 3.26. The van der Waals surface area contributed by atoms with E-state index in [2.05, 4.69) is 20.8 Å². The maximum absolute atomic E-state index is 12.6. The van der Waals surface area contributed by atoms with E-state index in [4.69, 9.17) is 11.6 Å².